The second kappa shape index (κ2) is 11.0. The van der Waals surface area contributed by atoms with E-state index in [4.69, 9.17) is 0 Å². The molecule has 220 valence electrons. The second-order valence-corrected chi connectivity index (χ2v) is 11.7. The summed E-state index contributed by atoms with van der Waals surface area (Å²) in [5.41, 5.74) is 2.08. The lowest BCUT2D eigenvalue weighted by atomic mass is 9.97. The van der Waals surface area contributed by atoms with Crippen molar-refractivity contribution in [1.82, 2.24) is 24.4 Å². The molecule has 1 aliphatic rings. The quantitative estimate of drug-likeness (QED) is 0.315. The number of hydrogen-bond acceptors (Lipinski definition) is 4. The van der Waals surface area contributed by atoms with Crippen LogP contribution in [0.1, 0.15) is 63.9 Å². The van der Waals surface area contributed by atoms with E-state index < -0.39 is 23.7 Å². The van der Waals surface area contributed by atoms with Gasteiger partial charge in [0.15, 0.2) is 0 Å². The maximum atomic E-state index is 14.1. The van der Waals surface area contributed by atoms with E-state index in [0.29, 0.717) is 34.6 Å². The van der Waals surface area contributed by atoms with Crippen LogP contribution >= 0.6 is 15.9 Å². The lowest BCUT2D eigenvalue weighted by molar-refractivity contribution is -0.138. The zero-order chi connectivity index (χ0) is 30.5. The molecule has 0 fully saturated rings. The molecule has 0 aliphatic carbocycles. The summed E-state index contributed by atoms with van der Waals surface area (Å²) in [5, 5.41) is 7.20. The highest BCUT2D eigenvalue weighted by molar-refractivity contribution is 9.10. The molecule has 2 aromatic heterocycles. The Hall–Kier alpha value is -3.93. The van der Waals surface area contributed by atoms with Crippen LogP contribution in [0.2, 0.25) is 0 Å². The van der Waals surface area contributed by atoms with Gasteiger partial charge in [0.2, 0.25) is 0 Å². The van der Waals surface area contributed by atoms with Gasteiger partial charge in [-0.2, -0.15) is 18.3 Å². The minimum atomic E-state index is -4.63. The van der Waals surface area contributed by atoms with Crippen molar-refractivity contribution in [2.45, 2.75) is 52.4 Å². The van der Waals surface area contributed by atoms with Crippen LogP contribution in [0.3, 0.4) is 0 Å². The molecule has 12 heteroatoms. The average molecular weight is 644 g/mol. The molecule has 2 amide bonds. The first-order chi connectivity index (χ1) is 19.8. The second-order valence-electron chi connectivity index (χ2n) is 10.9. The molecular weight excluding hydrogens is 615 g/mol. The molecule has 3 heterocycles. The maximum Gasteiger partial charge on any atom is 0.417 e. The Morgan fingerprint density at radius 3 is 2.40 bits per heavy atom. The number of carbonyl (C=O) groups is 2. The first-order valence-electron chi connectivity index (χ1n) is 13.4. The summed E-state index contributed by atoms with van der Waals surface area (Å²) in [4.78, 5) is 41.3. The number of alkyl halides is 3. The van der Waals surface area contributed by atoms with Gasteiger partial charge in [-0.15, -0.1) is 0 Å². The van der Waals surface area contributed by atoms with Crippen molar-refractivity contribution in [3.8, 4) is 5.69 Å². The van der Waals surface area contributed by atoms with Crippen LogP contribution in [-0.4, -0.2) is 44.0 Å². The number of hydrogen-bond donors (Lipinski definition) is 1. The number of benzene rings is 2. The Bertz CT molecular complexity index is 1760. The fourth-order valence-electron chi connectivity index (χ4n) is 5.43. The van der Waals surface area contributed by atoms with Gasteiger partial charge in [-0.1, -0.05) is 29.8 Å². The lowest BCUT2D eigenvalue weighted by Gasteiger charge is -2.35. The van der Waals surface area contributed by atoms with Crippen molar-refractivity contribution in [3.05, 3.63) is 97.0 Å². The Morgan fingerprint density at radius 2 is 1.79 bits per heavy atom. The van der Waals surface area contributed by atoms with Crippen LogP contribution in [0.25, 0.3) is 11.3 Å². The minimum Gasteiger partial charge on any atom is -0.355 e. The molecule has 1 aliphatic heterocycles. The van der Waals surface area contributed by atoms with Gasteiger partial charge in [0, 0.05) is 39.8 Å². The summed E-state index contributed by atoms with van der Waals surface area (Å²) in [5.74, 6) is -0.560. The average Bonchev–Trinajstić information content (AvgIpc) is 3.34. The number of nitrogens with one attached hydrogen (secondary N) is 1. The molecule has 0 saturated carbocycles. The Labute approximate surface area is 248 Å². The van der Waals surface area contributed by atoms with Crippen molar-refractivity contribution in [1.29, 1.82) is 0 Å². The molecule has 4 aromatic rings. The van der Waals surface area contributed by atoms with Crippen molar-refractivity contribution in [3.63, 3.8) is 0 Å². The predicted octanol–water partition coefficient (Wildman–Crippen LogP) is 5.41. The van der Waals surface area contributed by atoms with Crippen molar-refractivity contribution < 1.29 is 22.8 Å². The highest BCUT2D eigenvalue weighted by Gasteiger charge is 2.36. The number of carbonyl (C=O) groups excluding carboxylic acids is 2. The van der Waals surface area contributed by atoms with E-state index in [9.17, 15) is 27.6 Å². The largest absolute Gasteiger partial charge is 0.417 e. The first kappa shape index (κ1) is 29.6. The fourth-order valence-corrected chi connectivity index (χ4v) is 5.90. The summed E-state index contributed by atoms with van der Waals surface area (Å²) in [7, 11) is 1.54. The number of nitrogens with zero attached hydrogens (tertiary/aromatic N) is 4. The number of amides is 2. The third-order valence-corrected chi connectivity index (χ3v) is 8.16. The van der Waals surface area contributed by atoms with Crippen LogP contribution < -0.4 is 10.9 Å². The third kappa shape index (κ3) is 5.23. The topological polar surface area (TPSA) is 88.7 Å². The highest BCUT2D eigenvalue weighted by Crippen LogP contribution is 2.36. The van der Waals surface area contributed by atoms with Crippen LogP contribution in [0, 0.1) is 5.92 Å². The van der Waals surface area contributed by atoms with Gasteiger partial charge >= 0.3 is 6.18 Å². The van der Waals surface area contributed by atoms with E-state index in [2.05, 4.69) is 40.2 Å². The van der Waals surface area contributed by atoms with E-state index >= 15 is 0 Å². The van der Waals surface area contributed by atoms with Gasteiger partial charge in [0.25, 0.3) is 17.4 Å². The first-order valence-corrected chi connectivity index (χ1v) is 14.2. The van der Waals surface area contributed by atoms with Crippen LogP contribution in [0.4, 0.5) is 13.2 Å². The summed E-state index contributed by atoms with van der Waals surface area (Å²) in [6, 6.07) is 9.65. The van der Waals surface area contributed by atoms with Crippen LogP contribution in [0.5, 0.6) is 0 Å². The normalized spacial score (nSPS) is 15.3. The van der Waals surface area contributed by atoms with E-state index in [0.717, 1.165) is 11.6 Å². The number of halogens is 4. The summed E-state index contributed by atoms with van der Waals surface area (Å²) >= 11 is 2.93. The fraction of sp³-hybridized carbons (Fsp3) is 0.333. The van der Waals surface area contributed by atoms with Gasteiger partial charge in [-0.3, -0.25) is 19.0 Å². The van der Waals surface area contributed by atoms with E-state index in [1.807, 2.05) is 0 Å². The van der Waals surface area contributed by atoms with Crippen LogP contribution in [0.15, 0.2) is 57.9 Å². The van der Waals surface area contributed by atoms with E-state index in [1.54, 1.807) is 53.5 Å². The molecule has 0 saturated heterocycles. The van der Waals surface area contributed by atoms with Gasteiger partial charge in [0.05, 0.1) is 29.7 Å². The Kier molecular flexibility index (Phi) is 7.78. The van der Waals surface area contributed by atoms with E-state index in [1.165, 1.54) is 17.0 Å². The predicted molar refractivity (Wildman–Crippen MR) is 155 cm³/mol. The zero-order valence-corrected chi connectivity index (χ0v) is 25.0. The van der Waals surface area contributed by atoms with Gasteiger partial charge in [0.1, 0.15) is 5.65 Å². The highest BCUT2D eigenvalue weighted by atomic mass is 79.9. The van der Waals surface area contributed by atoms with Crippen molar-refractivity contribution in [2.24, 2.45) is 5.92 Å². The molecule has 0 radical (unpaired) electrons. The molecule has 8 nitrogen and oxygen atoms in total. The van der Waals surface area contributed by atoms with Gasteiger partial charge in [-0.05, 0) is 68.1 Å². The van der Waals surface area contributed by atoms with Crippen molar-refractivity contribution in [2.75, 3.05) is 7.05 Å². The summed E-state index contributed by atoms with van der Waals surface area (Å²) in [6.45, 7) is 5.87. The smallest absolute Gasteiger partial charge is 0.355 e. The Balaban J connectivity index is 1.64. The third-order valence-electron chi connectivity index (χ3n) is 7.47. The molecular formula is C30H29BrF3N5O3. The number of aromatic nitrogens is 3. The van der Waals surface area contributed by atoms with Crippen molar-refractivity contribution >= 4 is 33.4 Å². The molecule has 0 unspecified atom stereocenters. The number of fused-ring (bicyclic) bond motifs is 3. The molecule has 5 rings (SSSR count). The number of rotatable bonds is 5. The molecule has 0 bridgehead atoms. The van der Waals surface area contributed by atoms with E-state index in [-0.39, 0.29) is 40.4 Å². The Morgan fingerprint density at radius 1 is 1.12 bits per heavy atom. The molecule has 0 spiro atoms. The molecule has 2 aromatic carbocycles. The molecule has 1 atom stereocenters. The van der Waals surface area contributed by atoms with Crippen LogP contribution in [-0.2, 0) is 25.6 Å². The maximum absolute atomic E-state index is 14.1. The van der Waals surface area contributed by atoms with Gasteiger partial charge < -0.3 is 10.2 Å². The standard InChI is InChI=1S/C30H29BrF3N5O3/c1-16(2)11-20-14-36-39-25-15-37(28(41)19-7-10-24(31)23(13-19)30(32,33)34)17(3)12-22(25)29(42)38(27(20)39)21-8-5-18(6-9-21)26(40)35-4/h5-10,13-14,16-17H,11-12,15H2,1-4H3,(H,35,40)/t17-/m0/s1. The van der Waals surface area contributed by atoms with Gasteiger partial charge in [-0.25, -0.2) is 4.52 Å². The summed E-state index contributed by atoms with van der Waals surface area (Å²) in [6.07, 6.45) is -2.10. The zero-order valence-electron chi connectivity index (χ0n) is 23.4. The SMILES string of the molecule is CNC(=O)c1ccc(-n2c(=O)c3c(n4ncc(CC(C)C)c24)CN(C(=O)c2ccc(Br)c(C(F)(F)F)c2)[C@@H](C)C3)cc1. The summed E-state index contributed by atoms with van der Waals surface area (Å²) < 4.78 is 43.8. The monoisotopic (exact) mass is 643 g/mol. The molecule has 1 N–H and O–H groups in total. The molecule has 42 heavy (non-hydrogen) atoms. The lowest BCUT2D eigenvalue weighted by Crippen LogP contribution is -2.46. The minimum absolute atomic E-state index is 0.00225.